The van der Waals surface area contributed by atoms with Gasteiger partial charge in [-0.15, -0.1) is 11.8 Å². The fraction of sp³-hybridized carbons (Fsp3) is 0.636. The number of fused-ring (bicyclic) bond motifs is 5. The molecule has 3 aliphatic rings. The summed E-state index contributed by atoms with van der Waals surface area (Å²) < 4.78 is 3.20. The molecule has 0 unspecified atom stereocenters. The van der Waals surface area contributed by atoms with Crippen LogP contribution in [0.1, 0.15) is 13.3 Å². The van der Waals surface area contributed by atoms with Crippen molar-refractivity contribution in [3.8, 4) is 0 Å². The maximum absolute atomic E-state index is 12.3. The molecule has 2 bridgehead atoms. The van der Waals surface area contributed by atoms with E-state index in [4.69, 9.17) is 5.11 Å². The fourth-order valence-electron chi connectivity index (χ4n) is 3.37. The summed E-state index contributed by atoms with van der Waals surface area (Å²) in [5, 5.41) is 9.03. The minimum Gasteiger partial charge on any atom is -0.481 e. The van der Waals surface area contributed by atoms with Gasteiger partial charge in [0.15, 0.2) is 0 Å². The number of carboxylic acid groups (broad SMARTS) is 1. The number of cyclic esters (lactones) is 2. The lowest BCUT2D eigenvalue weighted by Crippen LogP contribution is -2.58. The van der Waals surface area contributed by atoms with E-state index >= 15 is 0 Å². The third-order valence-corrected chi connectivity index (χ3v) is 6.14. The minimum absolute atomic E-state index is 0.421. The third kappa shape index (κ3) is 1.20. The molecule has 0 saturated carbocycles. The Balaban J connectivity index is 2.17. The molecule has 0 aromatic carbocycles. The summed E-state index contributed by atoms with van der Waals surface area (Å²) in [6.07, 6.45) is -0.486. The van der Waals surface area contributed by atoms with E-state index < -0.39 is 51.7 Å². The molecular weight excluding hydrogens is 274 g/mol. The number of ether oxygens (including phenoxy) is 1. The van der Waals surface area contributed by atoms with Crippen molar-refractivity contribution in [3.05, 3.63) is 0 Å². The van der Waals surface area contributed by atoms with Gasteiger partial charge in [-0.05, 0) is 6.92 Å². The zero-order valence-corrected chi connectivity index (χ0v) is 11.0. The van der Waals surface area contributed by atoms with Gasteiger partial charge in [0.1, 0.15) is 15.5 Å². The van der Waals surface area contributed by atoms with Gasteiger partial charge in [0.05, 0.1) is 12.3 Å². The highest BCUT2D eigenvalue weighted by Gasteiger charge is 2.79. The number of carbonyl (C=O) groups excluding carboxylic acids is 3. The van der Waals surface area contributed by atoms with E-state index in [9.17, 15) is 19.2 Å². The van der Waals surface area contributed by atoms with E-state index in [-0.39, 0.29) is 0 Å². The maximum Gasteiger partial charge on any atom is 0.320 e. The molecule has 4 atom stereocenters. The topological polar surface area (TPSA) is 101 Å². The Bertz CT molecular complexity index is 547. The van der Waals surface area contributed by atoms with Crippen molar-refractivity contribution in [2.24, 2.45) is 11.8 Å². The van der Waals surface area contributed by atoms with Gasteiger partial charge in [0.25, 0.3) is 0 Å². The predicted octanol–water partition coefficient (Wildman–Crippen LogP) is -0.549. The second kappa shape index (κ2) is 3.30. The quantitative estimate of drug-likeness (QED) is 0.536. The molecule has 102 valence electrons. The van der Waals surface area contributed by atoms with Gasteiger partial charge in [-0.3, -0.25) is 19.2 Å². The first-order valence-corrected chi connectivity index (χ1v) is 6.51. The van der Waals surface area contributed by atoms with Crippen LogP contribution in [0.25, 0.3) is 0 Å². The van der Waals surface area contributed by atoms with Crippen molar-refractivity contribution in [3.63, 3.8) is 0 Å². The monoisotopic (exact) mass is 285 g/mol. The molecule has 0 radical (unpaired) electrons. The molecule has 3 saturated heterocycles. The van der Waals surface area contributed by atoms with Crippen molar-refractivity contribution in [1.82, 2.24) is 4.90 Å². The van der Waals surface area contributed by atoms with Gasteiger partial charge in [0, 0.05) is 7.05 Å². The number of carboxylic acids is 1. The average molecular weight is 285 g/mol. The number of aliphatic carboxylic acids is 1. The van der Waals surface area contributed by atoms with Crippen LogP contribution in [0.4, 0.5) is 0 Å². The molecule has 1 amide bonds. The normalized spacial score (nSPS) is 43.7. The number of piperidine rings is 1. The first kappa shape index (κ1) is 12.5. The lowest BCUT2D eigenvalue weighted by molar-refractivity contribution is -0.154. The molecule has 8 heteroatoms. The Labute approximate surface area is 112 Å². The number of rotatable bonds is 2. The number of hydrogen-bond donors (Lipinski definition) is 1. The van der Waals surface area contributed by atoms with E-state index in [1.807, 2.05) is 0 Å². The summed E-state index contributed by atoms with van der Waals surface area (Å²) in [5.41, 5.74) is 0. The van der Waals surface area contributed by atoms with E-state index in [0.29, 0.717) is 0 Å². The van der Waals surface area contributed by atoms with Crippen LogP contribution in [0.2, 0.25) is 0 Å². The fourth-order valence-corrected chi connectivity index (χ4v) is 5.46. The van der Waals surface area contributed by atoms with Crippen LogP contribution < -0.4 is 0 Å². The molecule has 19 heavy (non-hydrogen) atoms. The lowest BCUT2D eigenvalue weighted by Gasteiger charge is -2.37. The number of hydrogen-bond acceptors (Lipinski definition) is 6. The largest absolute Gasteiger partial charge is 0.481 e. The van der Waals surface area contributed by atoms with Crippen LogP contribution >= 0.6 is 11.8 Å². The number of carbonyl (C=O) groups is 4. The van der Waals surface area contributed by atoms with Crippen LogP contribution in [0.3, 0.4) is 0 Å². The number of esters is 2. The van der Waals surface area contributed by atoms with Crippen LogP contribution in [-0.2, 0) is 23.9 Å². The molecule has 7 nitrogen and oxygen atoms in total. The summed E-state index contributed by atoms with van der Waals surface area (Å²) in [6.45, 7) is 1.67. The van der Waals surface area contributed by atoms with Gasteiger partial charge in [-0.1, -0.05) is 0 Å². The van der Waals surface area contributed by atoms with E-state index in [1.165, 1.54) is 11.9 Å². The number of thioether (sulfide) groups is 1. The first-order chi connectivity index (χ1) is 8.74. The SMILES string of the molecule is CN1C(=O)[C@@]2(CC(=O)O)S[C@]1(C)[C@@H]1C(=O)OC(=O)[C@@H]12. The number of likely N-dealkylation sites (tertiary alicyclic amines) is 1. The standard InChI is InChI=1S/C11H11NO6S/c1-10-5-6(8(16)18-7(5)15)11(19-10,3-4(13)14)9(17)12(10)2/h5-6H,3H2,1-2H3,(H,13,14)/t5-,6+,10+,11-/m0/s1. The molecule has 0 aromatic rings. The molecule has 3 heterocycles. The second-order valence-electron chi connectivity index (χ2n) is 5.18. The Morgan fingerprint density at radius 2 is 1.95 bits per heavy atom. The summed E-state index contributed by atoms with van der Waals surface area (Å²) in [6, 6.07) is 0. The van der Waals surface area contributed by atoms with Crippen molar-refractivity contribution in [2.45, 2.75) is 23.0 Å². The molecular formula is C11H11NO6S. The van der Waals surface area contributed by atoms with Gasteiger partial charge in [-0.25, -0.2) is 0 Å². The number of amides is 1. The molecule has 0 aromatic heterocycles. The van der Waals surface area contributed by atoms with E-state index in [2.05, 4.69) is 4.74 Å². The van der Waals surface area contributed by atoms with Crippen molar-refractivity contribution in [1.29, 1.82) is 0 Å². The average Bonchev–Trinajstić information content (AvgIpc) is 2.79. The predicted molar refractivity (Wildman–Crippen MR) is 61.8 cm³/mol. The van der Waals surface area contributed by atoms with E-state index in [0.717, 1.165) is 11.8 Å². The van der Waals surface area contributed by atoms with Gasteiger partial charge in [-0.2, -0.15) is 0 Å². The summed E-state index contributed by atoms with van der Waals surface area (Å²) in [5.74, 6) is -4.83. The van der Waals surface area contributed by atoms with Crippen LogP contribution in [0, 0.1) is 11.8 Å². The molecule has 3 aliphatic heterocycles. The van der Waals surface area contributed by atoms with Crippen LogP contribution in [0.15, 0.2) is 0 Å². The lowest BCUT2D eigenvalue weighted by atomic mass is 9.73. The zero-order valence-electron chi connectivity index (χ0n) is 10.2. The summed E-state index contributed by atoms with van der Waals surface area (Å²) >= 11 is 1.10. The zero-order chi connectivity index (χ0) is 14.2. The van der Waals surface area contributed by atoms with Crippen molar-refractivity contribution in [2.75, 3.05) is 7.05 Å². The second-order valence-corrected chi connectivity index (χ2v) is 6.94. The van der Waals surface area contributed by atoms with Gasteiger partial charge < -0.3 is 14.7 Å². The molecule has 3 rings (SSSR count). The molecule has 0 spiro atoms. The molecule has 0 aliphatic carbocycles. The van der Waals surface area contributed by atoms with Crippen molar-refractivity contribution < 1.29 is 29.0 Å². The Kier molecular flexibility index (Phi) is 2.16. The van der Waals surface area contributed by atoms with Gasteiger partial charge >= 0.3 is 17.9 Å². The summed E-state index contributed by atoms with van der Waals surface area (Å²) in [7, 11) is 1.52. The third-order valence-electron chi connectivity index (χ3n) is 4.26. The number of nitrogens with zero attached hydrogens (tertiary/aromatic N) is 1. The molecule has 1 N–H and O–H groups in total. The summed E-state index contributed by atoms with van der Waals surface area (Å²) in [4.78, 5) is 47.5. The van der Waals surface area contributed by atoms with Crippen molar-refractivity contribution >= 4 is 35.6 Å². The van der Waals surface area contributed by atoms with Gasteiger partial charge in [0.2, 0.25) is 5.91 Å². The Hall–Kier alpha value is -1.57. The first-order valence-electron chi connectivity index (χ1n) is 5.70. The molecule has 3 fully saturated rings. The highest BCUT2D eigenvalue weighted by molar-refractivity contribution is 8.03. The van der Waals surface area contributed by atoms with E-state index in [1.54, 1.807) is 6.92 Å². The smallest absolute Gasteiger partial charge is 0.320 e. The maximum atomic E-state index is 12.3. The highest BCUT2D eigenvalue weighted by Crippen LogP contribution is 2.67. The Morgan fingerprint density at radius 3 is 2.53 bits per heavy atom. The minimum atomic E-state index is -1.41. The highest BCUT2D eigenvalue weighted by atomic mass is 32.2. The van der Waals surface area contributed by atoms with Crippen LogP contribution in [-0.4, -0.2) is 50.5 Å². The Morgan fingerprint density at radius 1 is 1.37 bits per heavy atom. The van der Waals surface area contributed by atoms with Crippen LogP contribution in [0.5, 0.6) is 0 Å².